The van der Waals surface area contributed by atoms with Crippen molar-refractivity contribution < 1.29 is 4.74 Å². The number of thioether (sulfide) groups is 1. The first-order chi connectivity index (χ1) is 9.60. The number of rotatable bonds is 2. The third kappa shape index (κ3) is 3.05. The fraction of sp³-hybridized carbons (Fsp3) is 0.600. The maximum Gasteiger partial charge on any atom is 0.0783 e. The van der Waals surface area contributed by atoms with E-state index in [1.54, 1.807) is 0 Å². The normalized spacial score (nSPS) is 31.6. The van der Waals surface area contributed by atoms with Crippen LogP contribution in [0.5, 0.6) is 0 Å². The summed E-state index contributed by atoms with van der Waals surface area (Å²) in [5.41, 5.74) is 7.73. The van der Waals surface area contributed by atoms with Gasteiger partial charge in [-0.3, -0.25) is 0 Å². The monoisotopic (exact) mass is 375 g/mol. The molecule has 3 atom stereocenters. The van der Waals surface area contributed by atoms with Crippen LogP contribution in [-0.2, 0) is 4.74 Å². The number of halogens is 2. The van der Waals surface area contributed by atoms with Gasteiger partial charge in [-0.05, 0) is 54.7 Å². The lowest BCUT2D eigenvalue weighted by molar-refractivity contribution is -0.0834. The van der Waals surface area contributed by atoms with Gasteiger partial charge in [-0.25, -0.2) is 0 Å². The molecule has 0 aliphatic carbocycles. The molecule has 0 saturated carbocycles. The molecule has 3 rings (SSSR count). The number of benzene rings is 1. The Hall–Kier alpha value is 0.260. The van der Waals surface area contributed by atoms with E-state index in [1.165, 1.54) is 5.75 Å². The van der Waals surface area contributed by atoms with Gasteiger partial charge in [-0.2, -0.15) is 11.8 Å². The molecule has 1 aromatic rings. The van der Waals surface area contributed by atoms with Gasteiger partial charge in [0.1, 0.15) is 0 Å². The Balaban J connectivity index is 1.79. The van der Waals surface area contributed by atoms with Crippen molar-refractivity contribution in [2.75, 3.05) is 18.1 Å². The summed E-state index contributed by atoms with van der Waals surface area (Å²) in [6.07, 6.45) is 3.27. The van der Waals surface area contributed by atoms with Gasteiger partial charge < -0.3 is 10.5 Å². The molecule has 2 fully saturated rings. The molecule has 0 amide bonds. The van der Waals surface area contributed by atoms with Crippen molar-refractivity contribution in [1.82, 2.24) is 0 Å². The van der Waals surface area contributed by atoms with Crippen LogP contribution < -0.4 is 5.73 Å². The maximum absolute atomic E-state index is 6.54. The van der Waals surface area contributed by atoms with Crippen LogP contribution in [0.4, 0.5) is 0 Å². The van der Waals surface area contributed by atoms with Crippen molar-refractivity contribution in [2.24, 2.45) is 11.7 Å². The molecule has 1 spiro atoms. The van der Waals surface area contributed by atoms with E-state index in [4.69, 9.17) is 22.1 Å². The van der Waals surface area contributed by atoms with E-state index < -0.39 is 0 Å². The number of hydrogen-bond acceptors (Lipinski definition) is 3. The van der Waals surface area contributed by atoms with E-state index in [0.717, 1.165) is 46.7 Å². The summed E-state index contributed by atoms with van der Waals surface area (Å²) < 4.78 is 7.13. The van der Waals surface area contributed by atoms with Gasteiger partial charge >= 0.3 is 0 Å². The summed E-state index contributed by atoms with van der Waals surface area (Å²) in [7, 11) is 0. The Morgan fingerprint density at radius 1 is 1.50 bits per heavy atom. The van der Waals surface area contributed by atoms with Crippen LogP contribution in [-0.4, -0.2) is 23.7 Å². The minimum atomic E-state index is 0.0226. The molecule has 2 N–H and O–H groups in total. The minimum absolute atomic E-state index is 0.0226. The zero-order valence-electron chi connectivity index (χ0n) is 11.3. The molecule has 2 aliphatic heterocycles. The lowest BCUT2D eigenvalue weighted by atomic mass is 9.79. The highest BCUT2D eigenvalue weighted by Crippen LogP contribution is 2.44. The predicted molar refractivity (Wildman–Crippen MR) is 89.4 cm³/mol. The zero-order valence-corrected chi connectivity index (χ0v) is 14.4. The standard InChI is InChI=1S/C15H19BrClNOS/c16-13-2-1-11(17)7-12(13)14(18)10-3-5-19-15(8-10)4-6-20-9-15/h1-2,7,10,14H,3-6,8-9,18H2. The Morgan fingerprint density at radius 3 is 3.10 bits per heavy atom. The molecule has 0 radical (unpaired) electrons. The molecule has 5 heteroatoms. The molecule has 0 aromatic heterocycles. The van der Waals surface area contributed by atoms with Crippen LogP contribution in [0.15, 0.2) is 22.7 Å². The lowest BCUT2D eigenvalue weighted by Crippen LogP contribution is -2.42. The fourth-order valence-electron chi connectivity index (χ4n) is 3.26. The van der Waals surface area contributed by atoms with E-state index in [9.17, 15) is 0 Å². The van der Waals surface area contributed by atoms with Gasteiger partial charge in [0.2, 0.25) is 0 Å². The van der Waals surface area contributed by atoms with Gasteiger partial charge in [0, 0.05) is 27.9 Å². The molecular weight excluding hydrogens is 358 g/mol. The van der Waals surface area contributed by atoms with E-state index in [0.29, 0.717) is 5.92 Å². The molecule has 2 heterocycles. The van der Waals surface area contributed by atoms with Crippen molar-refractivity contribution in [3.8, 4) is 0 Å². The quantitative estimate of drug-likeness (QED) is 0.830. The third-order valence-electron chi connectivity index (χ3n) is 4.42. The van der Waals surface area contributed by atoms with Crippen molar-refractivity contribution in [3.05, 3.63) is 33.3 Å². The Bertz CT molecular complexity index is 493. The number of hydrogen-bond donors (Lipinski definition) is 1. The van der Waals surface area contributed by atoms with Crippen LogP contribution in [0, 0.1) is 5.92 Å². The van der Waals surface area contributed by atoms with E-state index in [-0.39, 0.29) is 11.6 Å². The summed E-state index contributed by atoms with van der Waals surface area (Å²) in [5, 5.41) is 0.747. The highest BCUT2D eigenvalue weighted by molar-refractivity contribution is 9.10. The van der Waals surface area contributed by atoms with Crippen LogP contribution in [0.2, 0.25) is 5.02 Å². The highest BCUT2D eigenvalue weighted by Gasteiger charge is 2.42. The van der Waals surface area contributed by atoms with Crippen LogP contribution in [0.25, 0.3) is 0 Å². The summed E-state index contributed by atoms with van der Waals surface area (Å²) in [6.45, 7) is 0.830. The first-order valence-electron chi connectivity index (χ1n) is 7.02. The zero-order chi connectivity index (χ0) is 14.2. The summed E-state index contributed by atoms with van der Waals surface area (Å²) >= 11 is 11.7. The summed E-state index contributed by atoms with van der Waals surface area (Å²) in [5.74, 6) is 2.80. The Labute approximate surface area is 137 Å². The first kappa shape index (κ1) is 15.2. The molecule has 3 unspecified atom stereocenters. The van der Waals surface area contributed by atoms with Gasteiger partial charge in [-0.15, -0.1) is 0 Å². The second-order valence-corrected chi connectivity index (χ2v) is 8.17. The molecule has 110 valence electrons. The second-order valence-electron chi connectivity index (χ2n) is 5.78. The van der Waals surface area contributed by atoms with Crippen LogP contribution in [0.1, 0.15) is 30.9 Å². The smallest absolute Gasteiger partial charge is 0.0783 e. The predicted octanol–water partition coefficient (Wildman–Crippen LogP) is 4.40. The third-order valence-corrected chi connectivity index (χ3v) is 6.60. The highest BCUT2D eigenvalue weighted by atomic mass is 79.9. The fourth-order valence-corrected chi connectivity index (χ4v) is 5.33. The molecular formula is C15H19BrClNOS. The average Bonchev–Trinajstić information content (AvgIpc) is 2.88. The molecule has 2 aliphatic rings. The molecule has 2 saturated heterocycles. The number of ether oxygens (including phenoxy) is 1. The average molecular weight is 377 g/mol. The molecule has 0 bridgehead atoms. The minimum Gasteiger partial charge on any atom is -0.374 e. The van der Waals surface area contributed by atoms with Gasteiger partial charge in [0.05, 0.1) is 5.60 Å². The van der Waals surface area contributed by atoms with Crippen molar-refractivity contribution in [3.63, 3.8) is 0 Å². The SMILES string of the molecule is NC(c1cc(Cl)ccc1Br)C1CCOC2(CCSC2)C1. The lowest BCUT2D eigenvalue weighted by Gasteiger charge is -2.40. The second kappa shape index (κ2) is 6.17. The van der Waals surface area contributed by atoms with E-state index in [1.807, 2.05) is 30.0 Å². The Kier molecular flexibility index (Phi) is 4.68. The van der Waals surface area contributed by atoms with E-state index >= 15 is 0 Å². The molecule has 2 nitrogen and oxygen atoms in total. The molecule has 1 aromatic carbocycles. The first-order valence-corrected chi connectivity index (χ1v) is 9.34. The number of nitrogens with two attached hydrogens (primary N) is 1. The molecule has 20 heavy (non-hydrogen) atoms. The van der Waals surface area contributed by atoms with Gasteiger partial charge in [0.25, 0.3) is 0 Å². The largest absolute Gasteiger partial charge is 0.374 e. The Morgan fingerprint density at radius 2 is 2.35 bits per heavy atom. The maximum atomic E-state index is 6.54. The summed E-state index contributed by atoms with van der Waals surface area (Å²) in [6, 6.07) is 5.88. The summed E-state index contributed by atoms with van der Waals surface area (Å²) in [4.78, 5) is 0. The van der Waals surface area contributed by atoms with Gasteiger partial charge in [-0.1, -0.05) is 27.5 Å². The van der Waals surface area contributed by atoms with Crippen molar-refractivity contribution >= 4 is 39.3 Å². The van der Waals surface area contributed by atoms with Crippen molar-refractivity contribution in [2.45, 2.75) is 30.9 Å². The van der Waals surface area contributed by atoms with Crippen LogP contribution in [0.3, 0.4) is 0 Å². The van der Waals surface area contributed by atoms with Crippen molar-refractivity contribution in [1.29, 1.82) is 0 Å². The topological polar surface area (TPSA) is 35.2 Å². The van der Waals surface area contributed by atoms with Crippen LogP contribution >= 0.6 is 39.3 Å². The van der Waals surface area contributed by atoms with E-state index in [2.05, 4.69) is 15.9 Å². The van der Waals surface area contributed by atoms with Gasteiger partial charge in [0.15, 0.2) is 0 Å².